The Morgan fingerprint density at radius 1 is 1.18 bits per heavy atom. The minimum atomic E-state index is -1.04. The van der Waals surface area contributed by atoms with Gasteiger partial charge in [-0.15, -0.1) is 0 Å². The lowest BCUT2D eigenvalue weighted by atomic mass is 10.1. The molecule has 3 aromatic rings. The maximum absolute atomic E-state index is 12.2. The first-order chi connectivity index (χ1) is 13.3. The first kappa shape index (κ1) is 18.5. The number of nitro groups is 1. The van der Waals surface area contributed by atoms with E-state index in [1.165, 1.54) is 31.5 Å². The van der Waals surface area contributed by atoms with Gasteiger partial charge in [0.1, 0.15) is 11.1 Å². The molecular formula is C17H12N4O7. The number of phenolic OH excluding ortho intramolecular Hbond substituents is 1. The zero-order chi connectivity index (χ0) is 20.4. The number of hydrogen-bond acceptors (Lipinski definition) is 8. The number of aromatic hydroxyl groups is 1. The largest absolute Gasteiger partial charge is 0.502 e. The van der Waals surface area contributed by atoms with E-state index in [2.05, 4.69) is 15.8 Å². The monoisotopic (exact) mass is 384 g/mol. The number of nitro benzene ring substituents is 1. The quantitative estimate of drug-likeness (QED) is 0.344. The van der Waals surface area contributed by atoms with Crippen LogP contribution in [0, 0.1) is 17.0 Å². The fraction of sp³-hybridized carbons (Fsp3) is 0.0588. The Hall–Kier alpha value is -4.28. The van der Waals surface area contributed by atoms with Gasteiger partial charge in [-0.3, -0.25) is 35.5 Å². The Morgan fingerprint density at radius 3 is 2.46 bits per heavy atom. The maximum atomic E-state index is 12.2. The predicted octanol–water partition coefficient (Wildman–Crippen LogP) is 1.19. The van der Waals surface area contributed by atoms with Crippen LogP contribution in [-0.4, -0.2) is 26.8 Å². The van der Waals surface area contributed by atoms with Crippen molar-refractivity contribution in [2.24, 2.45) is 0 Å². The molecule has 0 aliphatic carbocycles. The van der Waals surface area contributed by atoms with Crippen LogP contribution in [0.2, 0.25) is 0 Å². The number of pyridine rings is 1. The van der Waals surface area contributed by atoms with Crippen LogP contribution in [0.15, 0.2) is 45.9 Å². The smallest absolute Gasteiger partial charge is 0.349 e. The van der Waals surface area contributed by atoms with E-state index in [-0.39, 0.29) is 22.1 Å². The molecular weight excluding hydrogens is 372 g/mol. The van der Waals surface area contributed by atoms with Crippen LogP contribution in [0.3, 0.4) is 0 Å². The molecule has 0 aliphatic heterocycles. The molecule has 0 unspecified atom stereocenters. The third kappa shape index (κ3) is 3.35. The van der Waals surface area contributed by atoms with Crippen molar-refractivity contribution >= 4 is 28.5 Å². The van der Waals surface area contributed by atoms with E-state index < -0.39 is 39.4 Å². The van der Waals surface area contributed by atoms with Crippen molar-refractivity contribution in [3.05, 3.63) is 73.9 Å². The van der Waals surface area contributed by atoms with Crippen LogP contribution >= 0.6 is 0 Å². The lowest BCUT2D eigenvalue weighted by Crippen LogP contribution is -2.43. The van der Waals surface area contributed by atoms with Gasteiger partial charge in [0.25, 0.3) is 11.8 Å². The van der Waals surface area contributed by atoms with Crippen LogP contribution in [-0.2, 0) is 0 Å². The maximum Gasteiger partial charge on any atom is 0.349 e. The predicted molar refractivity (Wildman–Crippen MR) is 94.7 cm³/mol. The molecule has 28 heavy (non-hydrogen) atoms. The molecule has 3 N–H and O–H groups in total. The number of rotatable bonds is 3. The normalized spacial score (nSPS) is 10.5. The highest BCUT2D eigenvalue weighted by atomic mass is 16.6. The summed E-state index contributed by atoms with van der Waals surface area (Å²) in [6.07, 6.45) is 2.78. The fourth-order valence-electron chi connectivity index (χ4n) is 2.46. The van der Waals surface area contributed by atoms with Crippen molar-refractivity contribution in [2.45, 2.75) is 6.92 Å². The van der Waals surface area contributed by atoms with Gasteiger partial charge < -0.3 is 9.52 Å². The van der Waals surface area contributed by atoms with Crippen molar-refractivity contribution in [2.75, 3.05) is 0 Å². The Kier molecular flexibility index (Phi) is 4.73. The number of amides is 2. The molecule has 0 fully saturated rings. The molecule has 0 saturated heterocycles. The number of hydrazine groups is 1. The molecule has 0 aliphatic rings. The van der Waals surface area contributed by atoms with Crippen molar-refractivity contribution < 1.29 is 24.0 Å². The Labute approximate surface area is 155 Å². The highest BCUT2D eigenvalue weighted by Crippen LogP contribution is 2.35. The lowest BCUT2D eigenvalue weighted by molar-refractivity contribution is -0.385. The third-order valence-electron chi connectivity index (χ3n) is 3.88. The van der Waals surface area contributed by atoms with Gasteiger partial charge in [0.2, 0.25) is 5.75 Å². The molecule has 2 aromatic heterocycles. The average molecular weight is 384 g/mol. The number of carbonyl (C=O) groups excluding carboxylic acids is 2. The molecule has 2 amide bonds. The fourth-order valence-corrected chi connectivity index (χ4v) is 2.46. The summed E-state index contributed by atoms with van der Waals surface area (Å²) in [6, 6.07) is 4.89. The number of nitrogens with zero attached hydrogens (tertiary/aromatic N) is 2. The Morgan fingerprint density at radius 2 is 1.82 bits per heavy atom. The van der Waals surface area contributed by atoms with E-state index in [0.717, 1.165) is 12.1 Å². The van der Waals surface area contributed by atoms with E-state index in [4.69, 9.17) is 4.42 Å². The van der Waals surface area contributed by atoms with Crippen LogP contribution < -0.4 is 16.5 Å². The zero-order valence-electron chi connectivity index (χ0n) is 14.3. The van der Waals surface area contributed by atoms with Gasteiger partial charge in [0.15, 0.2) is 0 Å². The SMILES string of the molecule is Cc1c(O)c([N+](=O)[O-])cc2cc(C(=O)NNC(=O)c3ccncc3)c(=O)oc12. The lowest BCUT2D eigenvalue weighted by Gasteiger charge is -2.08. The highest BCUT2D eigenvalue weighted by molar-refractivity contribution is 6.00. The minimum Gasteiger partial charge on any atom is -0.502 e. The standard InChI is InChI=1S/C17H12N4O7/c1-8-13(22)12(21(26)27)7-10-6-11(17(25)28-14(8)10)16(24)20-19-15(23)9-2-4-18-5-3-9/h2-7,22H,1H3,(H,19,23)(H,20,24). The van der Waals surface area contributed by atoms with Crippen molar-refractivity contribution in [3.8, 4) is 5.75 Å². The van der Waals surface area contributed by atoms with E-state index in [0.29, 0.717) is 0 Å². The van der Waals surface area contributed by atoms with Gasteiger partial charge in [0.05, 0.1) is 4.92 Å². The molecule has 142 valence electrons. The van der Waals surface area contributed by atoms with Crippen molar-refractivity contribution in [1.29, 1.82) is 0 Å². The second-order valence-corrected chi connectivity index (χ2v) is 5.64. The summed E-state index contributed by atoms with van der Waals surface area (Å²) in [5.41, 5.74) is 2.18. The topological polar surface area (TPSA) is 165 Å². The summed E-state index contributed by atoms with van der Waals surface area (Å²) < 4.78 is 5.03. The number of phenols is 1. The van der Waals surface area contributed by atoms with Gasteiger partial charge >= 0.3 is 11.3 Å². The summed E-state index contributed by atoms with van der Waals surface area (Å²) in [6.45, 7) is 1.34. The van der Waals surface area contributed by atoms with Gasteiger partial charge in [-0.05, 0) is 25.1 Å². The Balaban J connectivity index is 1.92. The molecule has 0 bridgehead atoms. The first-order valence-corrected chi connectivity index (χ1v) is 7.75. The average Bonchev–Trinajstić information content (AvgIpc) is 2.69. The molecule has 2 heterocycles. The summed E-state index contributed by atoms with van der Waals surface area (Å²) in [4.78, 5) is 50.3. The summed E-state index contributed by atoms with van der Waals surface area (Å²) in [5, 5.41) is 21.0. The number of hydrogen-bond donors (Lipinski definition) is 3. The van der Waals surface area contributed by atoms with Gasteiger partial charge in [0, 0.05) is 35.0 Å². The zero-order valence-corrected chi connectivity index (χ0v) is 14.3. The van der Waals surface area contributed by atoms with Crippen LogP contribution in [0.4, 0.5) is 5.69 Å². The number of aryl methyl sites for hydroxylation is 1. The number of benzene rings is 1. The Bertz CT molecular complexity index is 1170. The summed E-state index contributed by atoms with van der Waals surface area (Å²) in [5.74, 6) is -2.26. The van der Waals surface area contributed by atoms with E-state index in [1.807, 2.05) is 0 Å². The summed E-state index contributed by atoms with van der Waals surface area (Å²) >= 11 is 0. The van der Waals surface area contributed by atoms with Gasteiger partial charge in [-0.25, -0.2) is 4.79 Å². The van der Waals surface area contributed by atoms with Crippen molar-refractivity contribution in [1.82, 2.24) is 15.8 Å². The van der Waals surface area contributed by atoms with Gasteiger partial charge in [-0.2, -0.15) is 0 Å². The van der Waals surface area contributed by atoms with Gasteiger partial charge in [-0.1, -0.05) is 0 Å². The third-order valence-corrected chi connectivity index (χ3v) is 3.88. The summed E-state index contributed by atoms with van der Waals surface area (Å²) in [7, 11) is 0. The second kappa shape index (κ2) is 7.15. The van der Waals surface area contributed by atoms with Crippen LogP contribution in [0.5, 0.6) is 5.75 Å². The number of fused-ring (bicyclic) bond motifs is 1. The number of carbonyl (C=O) groups is 2. The molecule has 11 nitrogen and oxygen atoms in total. The molecule has 0 radical (unpaired) electrons. The molecule has 0 saturated carbocycles. The highest BCUT2D eigenvalue weighted by Gasteiger charge is 2.22. The van der Waals surface area contributed by atoms with E-state index in [1.54, 1.807) is 0 Å². The molecule has 3 rings (SSSR count). The molecule has 0 atom stereocenters. The molecule has 11 heteroatoms. The molecule has 1 aromatic carbocycles. The second-order valence-electron chi connectivity index (χ2n) is 5.64. The first-order valence-electron chi connectivity index (χ1n) is 7.75. The van der Waals surface area contributed by atoms with Crippen LogP contribution in [0.25, 0.3) is 11.0 Å². The van der Waals surface area contributed by atoms with E-state index in [9.17, 15) is 29.6 Å². The minimum absolute atomic E-state index is 0.0146. The number of nitrogens with one attached hydrogen (secondary N) is 2. The van der Waals surface area contributed by atoms with Crippen LogP contribution in [0.1, 0.15) is 26.3 Å². The molecule has 0 spiro atoms. The van der Waals surface area contributed by atoms with Crippen molar-refractivity contribution in [3.63, 3.8) is 0 Å². The van der Waals surface area contributed by atoms with E-state index >= 15 is 0 Å². The number of aromatic nitrogens is 1.